The SMILES string of the molecule is O/N=C(\Cl)c1ccc(Br)nc1. The van der Waals surface area contributed by atoms with Crippen molar-refractivity contribution < 1.29 is 5.21 Å². The standard InChI is InChI=1S/C6H4BrClN2O/c7-5-2-1-4(3-9-5)6(8)10-11/h1-3,11H/b10-6-. The molecule has 0 saturated heterocycles. The van der Waals surface area contributed by atoms with Gasteiger partial charge in [0, 0.05) is 11.8 Å². The third kappa shape index (κ3) is 2.17. The van der Waals surface area contributed by atoms with Crippen molar-refractivity contribution in [2.24, 2.45) is 5.16 Å². The van der Waals surface area contributed by atoms with Gasteiger partial charge in [-0.2, -0.15) is 0 Å². The average Bonchev–Trinajstić information content (AvgIpc) is 2.05. The molecule has 0 saturated carbocycles. The van der Waals surface area contributed by atoms with Crippen molar-refractivity contribution in [2.45, 2.75) is 0 Å². The molecular formula is C6H4BrClN2O. The molecular weight excluding hydrogens is 231 g/mol. The van der Waals surface area contributed by atoms with E-state index in [1.807, 2.05) is 0 Å². The van der Waals surface area contributed by atoms with Gasteiger partial charge in [0.2, 0.25) is 0 Å². The number of rotatable bonds is 1. The van der Waals surface area contributed by atoms with Crippen molar-refractivity contribution in [2.75, 3.05) is 0 Å². The quantitative estimate of drug-likeness (QED) is 0.351. The molecule has 0 fully saturated rings. The summed E-state index contributed by atoms with van der Waals surface area (Å²) in [6.45, 7) is 0. The van der Waals surface area contributed by atoms with E-state index in [1.54, 1.807) is 12.1 Å². The maximum absolute atomic E-state index is 8.27. The van der Waals surface area contributed by atoms with Gasteiger partial charge in [-0.1, -0.05) is 16.8 Å². The highest BCUT2D eigenvalue weighted by Crippen LogP contribution is 2.08. The van der Waals surface area contributed by atoms with Crippen molar-refractivity contribution in [3.8, 4) is 0 Å². The molecule has 58 valence electrons. The van der Waals surface area contributed by atoms with Crippen LogP contribution in [0.5, 0.6) is 0 Å². The van der Waals surface area contributed by atoms with Crippen LogP contribution in [0.15, 0.2) is 28.1 Å². The Kier molecular flexibility index (Phi) is 2.84. The summed E-state index contributed by atoms with van der Waals surface area (Å²) >= 11 is 8.65. The Morgan fingerprint density at radius 2 is 2.36 bits per heavy atom. The van der Waals surface area contributed by atoms with E-state index in [1.165, 1.54) is 6.20 Å². The number of hydrogen-bond acceptors (Lipinski definition) is 3. The molecule has 0 amide bonds. The number of pyridine rings is 1. The van der Waals surface area contributed by atoms with Gasteiger partial charge in [-0.15, -0.1) is 0 Å². The Bertz CT molecular complexity index is 272. The minimum absolute atomic E-state index is 0.0324. The molecule has 1 rings (SSSR count). The molecule has 1 heterocycles. The Morgan fingerprint density at radius 1 is 1.64 bits per heavy atom. The largest absolute Gasteiger partial charge is 0.410 e. The van der Waals surface area contributed by atoms with E-state index in [0.29, 0.717) is 10.2 Å². The van der Waals surface area contributed by atoms with E-state index < -0.39 is 0 Å². The third-order valence-electron chi connectivity index (χ3n) is 1.05. The molecule has 1 aromatic heterocycles. The summed E-state index contributed by atoms with van der Waals surface area (Å²) in [5, 5.41) is 11.1. The summed E-state index contributed by atoms with van der Waals surface area (Å²) in [6.07, 6.45) is 1.51. The van der Waals surface area contributed by atoms with Crippen molar-refractivity contribution >= 4 is 32.7 Å². The number of hydrogen-bond donors (Lipinski definition) is 1. The highest BCUT2D eigenvalue weighted by molar-refractivity contribution is 9.10. The van der Waals surface area contributed by atoms with Gasteiger partial charge in [0.05, 0.1) is 0 Å². The second-order valence-electron chi connectivity index (χ2n) is 1.76. The monoisotopic (exact) mass is 234 g/mol. The fourth-order valence-electron chi connectivity index (χ4n) is 0.556. The first kappa shape index (κ1) is 8.49. The molecule has 0 aromatic carbocycles. The van der Waals surface area contributed by atoms with Crippen LogP contribution in [-0.4, -0.2) is 15.4 Å². The molecule has 1 N–H and O–H groups in total. The van der Waals surface area contributed by atoms with Crippen LogP contribution < -0.4 is 0 Å². The zero-order chi connectivity index (χ0) is 8.27. The van der Waals surface area contributed by atoms with Crippen LogP contribution in [0.4, 0.5) is 0 Å². The van der Waals surface area contributed by atoms with E-state index in [2.05, 4.69) is 26.1 Å². The Labute approximate surface area is 76.8 Å². The van der Waals surface area contributed by atoms with Gasteiger partial charge in [-0.25, -0.2) is 4.98 Å². The van der Waals surface area contributed by atoms with Gasteiger partial charge in [-0.3, -0.25) is 0 Å². The fraction of sp³-hybridized carbons (Fsp3) is 0. The van der Waals surface area contributed by atoms with Gasteiger partial charge in [0.1, 0.15) is 4.60 Å². The second kappa shape index (κ2) is 3.69. The van der Waals surface area contributed by atoms with Gasteiger partial charge < -0.3 is 5.21 Å². The van der Waals surface area contributed by atoms with Crippen LogP contribution in [0.1, 0.15) is 5.56 Å². The molecule has 0 aliphatic heterocycles. The van der Waals surface area contributed by atoms with Crippen molar-refractivity contribution in [3.63, 3.8) is 0 Å². The van der Waals surface area contributed by atoms with Crippen LogP contribution in [-0.2, 0) is 0 Å². The van der Waals surface area contributed by atoms with Gasteiger partial charge >= 0.3 is 0 Å². The summed E-state index contributed by atoms with van der Waals surface area (Å²) in [6, 6.07) is 3.40. The first-order chi connectivity index (χ1) is 5.24. The summed E-state index contributed by atoms with van der Waals surface area (Å²) in [7, 11) is 0. The average molecular weight is 235 g/mol. The topological polar surface area (TPSA) is 45.5 Å². The predicted molar refractivity (Wildman–Crippen MR) is 46.1 cm³/mol. The lowest BCUT2D eigenvalue weighted by atomic mass is 10.3. The van der Waals surface area contributed by atoms with Gasteiger partial charge in [0.25, 0.3) is 0 Å². The van der Waals surface area contributed by atoms with Crippen molar-refractivity contribution in [1.29, 1.82) is 0 Å². The second-order valence-corrected chi connectivity index (χ2v) is 2.93. The van der Waals surface area contributed by atoms with E-state index >= 15 is 0 Å². The molecule has 0 unspecified atom stereocenters. The molecule has 3 nitrogen and oxygen atoms in total. The van der Waals surface area contributed by atoms with Crippen LogP contribution in [0, 0.1) is 0 Å². The smallest absolute Gasteiger partial charge is 0.176 e. The van der Waals surface area contributed by atoms with Gasteiger partial charge in [-0.05, 0) is 28.1 Å². The van der Waals surface area contributed by atoms with Crippen LogP contribution in [0.25, 0.3) is 0 Å². The summed E-state index contributed by atoms with van der Waals surface area (Å²) in [4.78, 5) is 3.89. The molecule has 0 bridgehead atoms. The number of halogens is 2. The van der Waals surface area contributed by atoms with E-state index in [9.17, 15) is 0 Å². The molecule has 0 radical (unpaired) electrons. The molecule has 1 aromatic rings. The normalized spacial score (nSPS) is 11.6. The zero-order valence-corrected chi connectivity index (χ0v) is 7.67. The fourth-order valence-corrected chi connectivity index (χ4v) is 0.902. The number of oxime groups is 1. The van der Waals surface area contributed by atoms with E-state index in [4.69, 9.17) is 16.8 Å². The van der Waals surface area contributed by atoms with Crippen LogP contribution >= 0.6 is 27.5 Å². The summed E-state index contributed by atoms with van der Waals surface area (Å²) in [5.74, 6) is 0. The maximum atomic E-state index is 8.27. The lowest BCUT2D eigenvalue weighted by molar-refractivity contribution is 0.321. The minimum atomic E-state index is 0.0324. The molecule has 0 spiro atoms. The van der Waals surface area contributed by atoms with Crippen LogP contribution in [0.2, 0.25) is 0 Å². The highest BCUT2D eigenvalue weighted by atomic mass is 79.9. The van der Waals surface area contributed by atoms with E-state index in [-0.39, 0.29) is 5.17 Å². The first-order valence-electron chi connectivity index (χ1n) is 2.73. The van der Waals surface area contributed by atoms with Gasteiger partial charge in [0.15, 0.2) is 5.17 Å². The first-order valence-corrected chi connectivity index (χ1v) is 3.90. The van der Waals surface area contributed by atoms with Crippen molar-refractivity contribution in [3.05, 3.63) is 28.5 Å². The Morgan fingerprint density at radius 3 is 2.82 bits per heavy atom. The molecule has 0 aliphatic rings. The lowest BCUT2D eigenvalue weighted by Crippen LogP contribution is -1.91. The lowest BCUT2D eigenvalue weighted by Gasteiger charge is -1.93. The number of nitrogens with zero attached hydrogens (tertiary/aromatic N) is 2. The van der Waals surface area contributed by atoms with Crippen LogP contribution in [0.3, 0.4) is 0 Å². The Hall–Kier alpha value is -0.610. The zero-order valence-electron chi connectivity index (χ0n) is 5.33. The Balaban J connectivity index is 2.99. The summed E-state index contributed by atoms with van der Waals surface area (Å²) < 4.78 is 0.712. The van der Waals surface area contributed by atoms with E-state index in [0.717, 1.165) is 0 Å². The van der Waals surface area contributed by atoms with Crippen molar-refractivity contribution in [1.82, 2.24) is 4.98 Å². The summed E-state index contributed by atoms with van der Waals surface area (Å²) in [5.41, 5.74) is 0.581. The number of aromatic nitrogens is 1. The minimum Gasteiger partial charge on any atom is -0.410 e. The molecule has 0 aliphatic carbocycles. The molecule has 0 atom stereocenters. The highest BCUT2D eigenvalue weighted by Gasteiger charge is 1.99. The molecule has 11 heavy (non-hydrogen) atoms. The predicted octanol–water partition coefficient (Wildman–Crippen LogP) is 2.22. The third-order valence-corrected chi connectivity index (χ3v) is 1.82. The molecule has 5 heteroatoms. The maximum Gasteiger partial charge on any atom is 0.176 e.